The predicted molar refractivity (Wildman–Crippen MR) is 384 cm³/mol. The number of aliphatic carboxylic acids is 1. The lowest BCUT2D eigenvalue weighted by Crippen LogP contribution is -2.61. The minimum absolute atomic E-state index is 0.00833. The molecule has 0 unspecified atom stereocenters. The number of nitrogens with two attached hydrogens (primary N) is 9. The van der Waals surface area contributed by atoms with E-state index in [2.05, 4.69) is 68.5 Å². The van der Waals surface area contributed by atoms with Crippen molar-refractivity contribution in [1.29, 1.82) is 0 Å². The fourth-order valence-corrected chi connectivity index (χ4v) is 10.4. The van der Waals surface area contributed by atoms with Gasteiger partial charge < -0.3 is 125 Å². The summed E-state index contributed by atoms with van der Waals surface area (Å²) in [6.07, 6.45) is -3.07. The summed E-state index contributed by atoms with van der Waals surface area (Å²) < 4.78 is 0. The second-order valence-corrected chi connectivity index (χ2v) is 25.7. The number of guanidine groups is 2. The quantitative estimate of drug-likeness (QED) is 0.0166. The number of benzene rings is 2. The Labute approximate surface area is 613 Å². The first kappa shape index (κ1) is 90.7. The van der Waals surface area contributed by atoms with Crippen LogP contribution in [0.2, 0.25) is 0 Å². The van der Waals surface area contributed by atoms with Crippen LogP contribution in [0.3, 0.4) is 0 Å². The molecule has 2 aromatic rings. The number of nitrogens with zero attached hydrogens (tertiary/aromatic N) is 2. The third-order valence-electron chi connectivity index (χ3n) is 15.3. The lowest BCUT2D eigenvalue weighted by molar-refractivity contribution is -0.142. The third kappa shape index (κ3) is 36.6. The number of carboxylic acids is 1. The van der Waals surface area contributed by atoms with Crippen LogP contribution in [0.4, 0.5) is 0 Å². The molecule has 0 saturated carbocycles. The summed E-state index contributed by atoms with van der Waals surface area (Å²) in [7, 11) is 0. The number of nitrogens with one attached hydrogen (secondary N) is 11. The summed E-state index contributed by atoms with van der Waals surface area (Å²) in [5.74, 6) is -18.5. The average Bonchev–Trinajstić information content (AvgIpc) is 0.865. The number of rotatable bonds is 51. The van der Waals surface area contributed by atoms with Gasteiger partial charge in [0.1, 0.15) is 66.2 Å². The van der Waals surface area contributed by atoms with Gasteiger partial charge in [-0.1, -0.05) is 56.3 Å². The molecule has 0 heterocycles. The van der Waals surface area contributed by atoms with Crippen LogP contribution in [0.25, 0.3) is 0 Å². The number of carbonyl (C=O) groups is 16. The number of carbonyl (C=O) groups excluding carboxylic acids is 15. The Bertz CT molecular complexity index is 3420. The molecule has 0 aliphatic rings. The Morgan fingerprint density at radius 1 is 0.434 bits per heavy atom. The van der Waals surface area contributed by atoms with E-state index in [0.29, 0.717) is 11.1 Å². The molecular weight excluding hydrogens is 1410 g/mol. The molecule has 0 radical (unpaired) electrons. The van der Waals surface area contributed by atoms with E-state index in [-0.39, 0.29) is 93.8 Å². The normalized spacial score (nSPS) is 14.0. The van der Waals surface area contributed by atoms with Crippen molar-refractivity contribution < 1.29 is 92.0 Å². The summed E-state index contributed by atoms with van der Waals surface area (Å²) in [6.45, 7) is 1.47. The second kappa shape index (κ2) is 47.8. The number of aliphatic imine (C=N–C) groups is 2. The lowest BCUT2D eigenvalue weighted by atomic mass is 10.0. The van der Waals surface area contributed by atoms with Crippen LogP contribution in [-0.2, 0) is 89.6 Å². The number of aliphatic hydroxyl groups is 1. The van der Waals surface area contributed by atoms with Gasteiger partial charge in [0.25, 0.3) is 0 Å². The minimum Gasteiger partial charge on any atom is -0.508 e. The monoisotopic (exact) mass is 1510 g/mol. The summed E-state index contributed by atoms with van der Waals surface area (Å²) in [5, 5.41) is 55.8. The van der Waals surface area contributed by atoms with E-state index in [0.717, 1.165) is 0 Å². The molecule has 0 fully saturated rings. The summed E-state index contributed by atoms with van der Waals surface area (Å²) in [4.78, 5) is 222. The molecule has 0 aliphatic heterocycles. The third-order valence-corrected chi connectivity index (χ3v) is 16.0. The number of phenolic OH excluding ortho intramolecular Hbond substituents is 1. The maximum Gasteiger partial charge on any atom is 0.326 e. The molecule has 0 aromatic heterocycles. The zero-order chi connectivity index (χ0) is 79.8. The highest BCUT2D eigenvalue weighted by molar-refractivity contribution is 7.98. The van der Waals surface area contributed by atoms with Crippen molar-refractivity contribution in [1.82, 2.24) is 58.5 Å². The lowest BCUT2D eigenvalue weighted by Gasteiger charge is -2.27. The largest absolute Gasteiger partial charge is 0.508 e. The summed E-state index contributed by atoms with van der Waals surface area (Å²) in [5.41, 5.74) is 50.5. The Hall–Kier alpha value is -11.4. The maximum absolute atomic E-state index is 14.4. The minimum atomic E-state index is -2.03. The fourth-order valence-electron chi connectivity index (χ4n) is 9.90. The van der Waals surface area contributed by atoms with Gasteiger partial charge in [-0.2, -0.15) is 11.8 Å². The van der Waals surface area contributed by atoms with Crippen LogP contribution in [0, 0.1) is 5.92 Å². The van der Waals surface area contributed by atoms with Gasteiger partial charge in [-0.15, -0.1) is 0 Å². The second-order valence-electron chi connectivity index (χ2n) is 24.7. The van der Waals surface area contributed by atoms with Crippen LogP contribution in [0.1, 0.15) is 102 Å². The average molecular weight is 1510 g/mol. The molecule has 0 saturated heterocycles. The van der Waals surface area contributed by atoms with E-state index in [4.69, 9.17) is 51.6 Å². The first-order valence-electron chi connectivity index (χ1n) is 33.4. The van der Waals surface area contributed by atoms with Crippen molar-refractivity contribution >= 4 is 118 Å². The van der Waals surface area contributed by atoms with Gasteiger partial charge in [0.05, 0.1) is 32.0 Å². The number of primary amides is 4. The molecule has 15 amide bonds. The van der Waals surface area contributed by atoms with Crippen molar-refractivity contribution in [3.8, 4) is 5.75 Å². The van der Waals surface area contributed by atoms with Gasteiger partial charge in [-0.25, -0.2) is 4.79 Å². The fraction of sp³-hybridized carbons (Fsp3) is 0.531. The Balaban J connectivity index is 2.44. The van der Waals surface area contributed by atoms with Crippen LogP contribution in [-0.4, -0.2) is 227 Å². The van der Waals surface area contributed by atoms with Crippen LogP contribution < -0.4 is 110 Å². The Morgan fingerprint density at radius 3 is 1.27 bits per heavy atom. The zero-order valence-corrected chi connectivity index (χ0v) is 59.7. The summed E-state index contributed by atoms with van der Waals surface area (Å²) >= 11 is 1.17. The number of hydrogen-bond donors (Lipinski definition) is 23. The SMILES string of the molecule is CSCC[C@H](NC(=O)[C@H](CO)NC(=O)[C@H](CCC(N)=O)NC(=O)[C@H](CCCN=C(N)N)NC(=O)[C@@H](N)Cc1ccc(O)cc1)C(=O)N[C@@H](CC(N)=O)C(=O)N[C@@H](CC(N)=O)C(=O)N[C@@H](Cc1ccccc1)C(=O)N[C@@H](CCC(N)=O)C(=O)NCC(=O)N[C@@H](CC(C)C)C(=O)N[C@@H](CCCN=C(N)N)C(=O)O. The van der Waals surface area contributed by atoms with Crippen molar-refractivity contribution in [3.05, 3.63) is 65.7 Å². The Kier molecular flexibility index (Phi) is 40.8. The van der Waals surface area contributed by atoms with Gasteiger partial charge in [0.15, 0.2) is 11.9 Å². The zero-order valence-electron chi connectivity index (χ0n) is 58.9. The molecule has 11 atom stereocenters. The summed E-state index contributed by atoms with van der Waals surface area (Å²) in [6, 6.07) is -4.50. The highest BCUT2D eigenvalue weighted by atomic mass is 32.2. The Morgan fingerprint density at radius 2 is 0.821 bits per heavy atom. The number of carboxylic acid groups (broad SMARTS) is 1. The van der Waals surface area contributed by atoms with Gasteiger partial charge in [0.2, 0.25) is 88.6 Å². The van der Waals surface area contributed by atoms with Crippen molar-refractivity contribution in [3.63, 3.8) is 0 Å². The molecule has 41 nitrogen and oxygen atoms in total. The molecule has 32 N–H and O–H groups in total. The van der Waals surface area contributed by atoms with E-state index >= 15 is 0 Å². The standard InChI is InChI=1S/C64H100N22O19S/c1-32(2)25-42(57(99)82-41(62(104)105)12-8-23-75-64(72)73)77-51(93)30-76-53(95)38(17-19-47(66)89)79-58(100)43(27-33-9-5-4-6-10-33)83-59(101)45(29-50(69)92)85-60(102)44(28-49(68)91)84-56(98)40(21-24-106-3)81-61(103)46(31-87)86-55(97)39(18-20-48(67)90)80-54(96)37(11-7-22-74-63(70)71)78-52(94)36(65)26-34-13-15-35(88)16-14-34/h4-6,9-10,13-16,32,36-46,87-88H,7-8,11-12,17-31,65H2,1-3H3,(H2,66,89)(H2,67,90)(H2,68,91)(H2,69,92)(H,76,95)(H,77,93)(H,78,94)(H,79,100)(H,80,96)(H,81,103)(H,82,99)(H,83,101)(H,84,98)(H,85,102)(H,86,97)(H,104,105)(H4,70,71,74)(H4,72,73,75)/t36-,37-,38-,39-,40-,41-,42-,43-,44-,45-,46-/m0/s1. The molecule has 2 rings (SSSR count). The topological polar surface area (TPSA) is 725 Å². The highest BCUT2D eigenvalue weighted by Gasteiger charge is 2.37. The van der Waals surface area contributed by atoms with Crippen molar-refractivity contribution in [2.45, 2.75) is 170 Å². The number of phenols is 1. The van der Waals surface area contributed by atoms with E-state index < -0.39 is 213 Å². The molecule has 0 spiro atoms. The van der Waals surface area contributed by atoms with Crippen LogP contribution in [0.5, 0.6) is 5.75 Å². The molecule has 586 valence electrons. The molecule has 42 heteroatoms. The number of hydrogen-bond acceptors (Lipinski definition) is 22. The van der Waals surface area contributed by atoms with Gasteiger partial charge in [-0.3, -0.25) is 81.9 Å². The van der Waals surface area contributed by atoms with Crippen LogP contribution in [0.15, 0.2) is 64.6 Å². The van der Waals surface area contributed by atoms with Crippen LogP contribution >= 0.6 is 11.8 Å². The van der Waals surface area contributed by atoms with E-state index in [1.807, 2.05) is 0 Å². The van der Waals surface area contributed by atoms with Gasteiger partial charge in [-0.05, 0) is 99.0 Å². The maximum atomic E-state index is 14.4. The van der Waals surface area contributed by atoms with Gasteiger partial charge in [0, 0.05) is 32.4 Å². The number of aromatic hydroxyl groups is 1. The molecular formula is C64H100N22O19S. The first-order chi connectivity index (χ1) is 49.9. The van der Waals surface area contributed by atoms with Crippen molar-refractivity contribution in [2.24, 2.45) is 67.5 Å². The van der Waals surface area contributed by atoms with Crippen molar-refractivity contribution in [2.75, 3.05) is 38.2 Å². The van der Waals surface area contributed by atoms with Gasteiger partial charge >= 0.3 is 5.97 Å². The molecule has 106 heavy (non-hydrogen) atoms. The molecule has 0 bridgehead atoms. The molecule has 0 aliphatic carbocycles. The highest BCUT2D eigenvalue weighted by Crippen LogP contribution is 2.14. The molecule has 2 aromatic carbocycles. The predicted octanol–water partition coefficient (Wildman–Crippen LogP) is -9.27. The number of amides is 15. The van der Waals surface area contributed by atoms with E-state index in [1.54, 1.807) is 38.3 Å². The number of thioether (sulfide) groups is 1. The first-order valence-corrected chi connectivity index (χ1v) is 34.8. The number of aliphatic hydroxyl groups excluding tert-OH is 1. The van der Waals surface area contributed by atoms with E-state index in [9.17, 15) is 92.0 Å². The smallest absolute Gasteiger partial charge is 0.326 e. The van der Waals surface area contributed by atoms with E-state index in [1.165, 1.54) is 48.2 Å².